The molecule has 1 saturated carbocycles. The van der Waals surface area contributed by atoms with E-state index in [0.29, 0.717) is 34.6 Å². The van der Waals surface area contributed by atoms with Gasteiger partial charge in [0.15, 0.2) is 5.75 Å². The summed E-state index contributed by atoms with van der Waals surface area (Å²) < 4.78 is 11.4. The molecule has 0 unspecified atom stereocenters. The predicted octanol–water partition coefficient (Wildman–Crippen LogP) is 8.00. The van der Waals surface area contributed by atoms with Gasteiger partial charge in [0.2, 0.25) is 0 Å². The highest BCUT2D eigenvalue weighted by Gasteiger charge is 2.14. The number of benzene rings is 2. The van der Waals surface area contributed by atoms with Gasteiger partial charge in [-0.3, -0.25) is 0 Å². The summed E-state index contributed by atoms with van der Waals surface area (Å²) in [6, 6.07) is 11.4. The Hall–Kier alpha value is -1.59. The minimum Gasteiger partial charge on any atom is -0.490 e. The molecule has 0 amide bonds. The van der Waals surface area contributed by atoms with Crippen LogP contribution in [0.2, 0.25) is 10.0 Å². The second-order valence-electron chi connectivity index (χ2n) is 7.46. The van der Waals surface area contributed by atoms with Crippen LogP contribution < -0.4 is 9.47 Å². The van der Waals surface area contributed by atoms with E-state index in [9.17, 15) is 0 Å². The lowest BCUT2D eigenvalue weighted by Crippen LogP contribution is -2.13. The molecule has 0 aliphatic heterocycles. The Morgan fingerprint density at radius 3 is 2.31 bits per heavy atom. The van der Waals surface area contributed by atoms with Crippen LogP contribution in [0.15, 0.2) is 52.1 Å². The van der Waals surface area contributed by atoms with Gasteiger partial charge in [0.1, 0.15) is 23.0 Å². The quantitative estimate of drug-likeness (QED) is 0.237. The smallest absolute Gasteiger partial charge is 0.156 e. The monoisotopic (exact) mass is 515 g/mol. The maximum atomic E-state index is 6.30. The Kier molecular flexibility index (Phi) is 10.3. The molecule has 3 rings (SSSR count). The van der Waals surface area contributed by atoms with Crippen LogP contribution in [0, 0.1) is 0 Å². The highest BCUT2D eigenvalue weighted by Crippen LogP contribution is 2.37. The van der Waals surface area contributed by atoms with Crippen LogP contribution in [0.4, 0.5) is 0 Å². The minimum absolute atomic E-state index is 0.134. The van der Waals surface area contributed by atoms with Crippen LogP contribution in [-0.4, -0.2) is 25.5 Å². The largest absolute Gasteiger partial charge is 0.490 e. The van der Waals surface area contributed by atoms with Gasteiger partial charge in [-0.2, -0.15) is 0 Å². The van der Waals surface area contributed by atoms with Crippen molar-refractivity contribution in [3.05, 3.63) is 68.1 Å². The number of nitrogens with zero attached hydrogens (tertiary/aromatic N) is 1. The molecule has 2 aromatic rings. The zero-order valence-corrected chi connectivity index (χ0v) is 20.6. The van der Waals surface area contributed by atoms with E-state index in [0.717, 1.165) is 24.0 Å². The first-order chi connectivity index (χ1) is 15.5. The van der Waals surface area contributed by atoms with Crippen molar-refractivity contribution < 1.29 is 14.3 Å². The molecule has 1 fully saturated rings. The molecule has 0 spiro atoms. The van der Waals surface area contributed by atoms with Crippen molar-refractivity contribution in [1.82, 2.24) is 0 Å². The number of hydrogen-bond acceptors (Lipinski definition) is 4. The van der Waals surface area contributed by atoms with Crippen LogP contribution in [0.1, 0.15) is 43.2 Å². The van der Waals surface area contributed by atoms with Crippen LogP contribution in [0.25, 0.3) is 0 Å². The molecule has 0 aromatic heterocycles. The highest BCUT2D eigenvalue weighted by atomic mass is 35.5. The maximum absolute atomic E-state index is 6.30. The SMILES string of the molecule is ClC(Cl)=CCOc1cc(Cl)c(OCCc2ccc(C=NOC3CCCCC3)cc2)c(Cl)c1. The molecule has 0 heterocycles. The van der Waals surface area contributed by atoms with Crippen molar-refractivity contribution in [2.24, 2.45) is 5.16 Å². The fourth-order valence-electron chi connectivity index (χ4n) is 3.35. The second-order valence-corrected chi connectivity index (χ2v) is 9.28. The Labute approximate surface area is 209 Å². The number of hydrogen-bond donors (Lipinski definition) is 0. The molecule has 0 saturated heterocycles. The zero-order chi connectivity index (χ0) is 22.8. The van der Waals surface area contributed by atoms with Crippen LogP contribution >= 0.6 is 46.4 Å². The van der Waals surface area contributed by atoms with Crippen molar-refractivity contribution in [3.8, 4) is 11.5 Å². The van der Waals surface area contributed by atoms with Crippen molar-refractivity contribution in [2.45, 2.75) is 44.6 Å². The molecule has 1 aliphatic rings. The highest BCUT2D eigenvalue weighted by molar-refractivity contribution is 6.55. The first kappa shape index (κ1) is 25.0. The molecule has 0 radical (unpaired) electrons. The average molecular weight is 517 g/mol. The van der Waals surface area contributed by atoms with Crippen molar-refractivity contribution in [1.29, 1.82) is 0 Å². The second kappa shape index (κ2) is 13.2. The number of rotatable bonds is 10. The first-order valence-corrected chi connectivity index (χ1v) is 12.1. The summed E-state index contributed by atoms with van der Waals surface area (Å²) in [7, 11) is 0. The fourth-order valence-corrected chi connectivity index (χ4v) is 4.05. The number of oxime groups is 1. The van der Waals surface area contributed by atoms with E-state index in [-0.39, 0.29) is 17.2 Å². The van der Waals surface area contributed by atoms with Crippen LogP contribution in [0.5, 0.6) is 11.5 Å². The molecular formula is C24H25Cl4NO3. The van der Waals surface area contributed by atoms with Crippen molar-refractivity contribution >= 4 is 52.6 Å². The van der Waals surface area contributed by atoms with E-state index >= 15 is 0 Å². The molecule has 172 valence electrons. The van der Waals surface area contributed by atoms with E-state index in [1.54, 1.807) is 18.3 Å². The van der Waals surface area contributed by atoms with Gasteiger partial charge in [-0.05, 0) is 42.9 Å². The lowest BCUT2D eigenvalue weighted by atomic mass is 9.98. The van der Waals surface area contributed by atoms with Gasteiger partial charge in [-0.15, -0.1) is 0 Å². The molecule has 8 heteroatoms. The standard InChI is InChI=1S/C24H25Cl4NO3/c25-21-14-20(30-13-11-23(27)28)15-22(26)24(21)31-12-10-17-6-8-18(9-7-17)16-29-32-19-4-2-1-3-5-19/h6-9,11,14-16,19H,1-5,10,12-13H2. The third-order valence-corrected chi connectivity index (χ3v) is 5.91. The first-order valence-electron chi connectivity index (χ1n) is 10.5. The third kappa shape index (κ3) is 8.40. The average Bonchev–Trinajstić information content (AvgIpc) is 2.77. The molecule has 0 atom stereocenters. The maximum Gasteiger partial charge on any atom is 0.156 e. The Balaban J connectivity index is 1.46. The van der Waals surface area contributed by atoms with Gasteiger partial charge < -0.3 is 14.3 Å². The topological polar surface area (TPSA) is 40.0 Å². The van der Waals surface area contributed by atoms with Gasteiger partial charge >= 0.3 is 0 Å². The summed E-state index contributed by atoms with van der Waals surface area (Å²) in [5.74, 6) is 0.929. The normalized spacial score (nSPS) is 14.4. The van der Waals surface area contributed by atoms with E-state index in [2.05, 4.69) is 5.16 Å². The lowest BCUT2D eigenvalue weighted by molar-refractivity contribution is 0.0340. The summed E-state index contributed by atoms with van der Waals surface area (Å²) in [5.41, 5.74) is 2.13. The van der Waals surface area contributed by atoms with Gasteiger partial charge in [-0.1, -0.05) is 82.2 Å². The van der Waals surface area contributed by atoms with E-state index in [4.69, 9.17) is 60.7 Å². The summed E-state index contributed by atoms with van der Waals surface area (Å²) in [5, 5.41) is 4.89. The molecule has 0 bridgehead atoms. The fraction of sp³-hybridized carbons (Fsp3) is 0.375. The molecule has 4 nitrogen and oxygen atoms in total. The van der Waals surface area contributed by atoms with Gasteiger partial charge in [0, 0.05) is 18.6 Å². The number of ether oxygens (including phenoxy) is 2. The zero-order valence-electron chi connectivity index (χ0n) is 17.5. The summed E-state index contributed by atoms with van der Waals surface area (Å²) in [4.78, 5) is 5.59. The lowest BCUT2D eigenvalue weighted by Gasteiger charge is -2.18. The molecule has 1 aliphatic carbocycles. The summed E-state index contributed by atoms with van der Waals surface area (Å²) >= 11 is 23.7. The Morgan fingerprint density at radius 1 is 0.969 bits per heavy atom. The van der Waals surface area contributed by atoms with Gasteiger partial charge in [0.05, 0.1) is 22.9 Å². The van der Waals surface area contributed by atoms with Crippen LogP contribution in [0.3, 0.4) is 0 Å². The predicted molar refractivity (Wildman–Crippen MR) is 133 cm³/mol. The number of halogens is 4. The Bertz CT molecular complexity index is 898. The van der Waals surface area contributed by atoms with Crippen molar-refractivity contribution in [2.75, 3.05) is 13.2 Å². The van der Waals surface area contributed by atoms with E-state index in [1.165, 1.54) is 25.3 Å². The van der Waals surface area contributed by atoms with Gasteiger partial charge in [0.25, 0.3) is 0 Å². The molecule has 0 N–H and O–H groups in total. The summed E-state index contributed by atoms with van der Waals surface area (Å²) in [6.07, 6.45) is 10.2. The minimum atomic E-state index is 0.134. The van der Waals surface area contributed by atoms with Crippen LogP contribution in [-0.2, 0) is 11.3 Å². The van der Waals surface area contributed by atoms with E-state index in [1.807, 2.05) is 24.3 Å². The molecule has 2 aromatic carbocycles. The molecular weight excluding hydrogens is 492 g/mol. The van der Waals surface area contributed by atoms with Gasteiger partial charge in [-0.25, -0.2) is 0 Å². The summed E-state index contributed by atoms with van der Waals surface area (Å²) in [6.45, 7) is 0.644. The Morgan fingerprint density at radius 2 is 1.66 bits per heavy atom. The molecule has 32 heavy (non-hydrogen) atoms. The van der Waals surface area contributed by atoms with Crippen molar-refractivity contribution in [3.63, 3.8) is 0 Å². The van der Waals surface area contributed by atoms with E-state index < -0.39 is 0 Å². The third-order valence-electron chi connectivity index (χ3n) is 5.04.